The molecule has 0 aliphatic carbocycles. The Balaban J connectivity index is 2.05. The Hall–Kier alpha value is -2.73. The lowest BCUT2D eigenvalue weighted by molar-refractivity contribution is 0.0955. The first-order valence-corrected chi connectivity index (χ1v) is 10.3. The van der Waals surface area contributed by atoms with E-state index in [4.69, 9.17) is 20.6 Å². The van der Waals surface area contributed by atoms with Gasteiger partial charge in [0.05, 0.1) is 23.0 Å². The first kappa shape index (κ1) is 22.6. The van der Waals surface area contributed by atoms with Crippen LogP contribution in [0.3, 0.4) is 0 Å². The fourth-order valence-electron chi connectivity index (χ4n) is 2.33. The highest BCUT2D eigenvalue weighted by molar-refractivity contribution is 14.1. The minimum Gasteiger partial charge on any atom is -0.494 e. The maximum atomic E-state index is 12.2. The number of ether oxygens (including phenoxy) is 3. The molecule has 0 bridgehead atoms. The molecule has 0 unspecified atom stereocenters. The summed E-state index contributed by atoms with van der Waals surface area (Å²) in [5.41, 5.74) is 3.77. The normalized spacial score (nSPS) is 10.4. The zero-order valence-electron chi connectivity index (χ0n) is 16.4. The van der Waals surface area contributed by atoms with E-state index in [1.807, 2.05) is 19.9 Å². The van der Waals surface area contributed by atoms with Gasteiger partial charge in [-0.05, 0) is 77.9 Å². The first-order valence-electron chi connectivity index (χ1n) is 9.17. The zero-order chi connectivity index (χ0) is 21.1. The van der Waals surface area contributed by atoms with Gasteiger partial charge in [-0.3, -0.25) is 4.79 Å². The lowest BCUT2D eigenvalue weighted by atomic mass is 10.2. The van der Waals surface area contributed by atoms with E-state index in [0.29, 0.717) is 30.3 Å². The molecule has 0 radical (unpaired) electrons. The van der Waals surface area contributed by atoms with E-state index in [1.54, 1.807) is 36.5 Å². The molecular formula is C22H23IN2O4. The number of hydrogen-bond donors (Lipinski definition) is 1. The van der Waals surface area contributed by atoms with Crippen molar-refractivity contribution >= 4 is 34.7 Å². The number of nitrogens with one attached hydrogen (secondary N) is 1. The molecular weight excluding hydrogens is 483 g/mol. The van der Waals surface area contributed by atoms with E-state index < -0.39 is 0 Å². The summed E-state index contributed by atoms with van der Waals surface area (Å²) < 4.78 is 17.5. The molecule has 0 atom stereocenters. The molecule has 0 aliphatic heterocycles. The van der Waals surface area contributed by atoms with E-state index in [2.05, 4.69) is 39.0 Å². The SMILES string of the molecule is C#CCOc1c(I)cc(/C=N\NC(=O)c2ccc(OCCC)cc2)cc1OCC. The van der Waals surface area contributed by atoms with Gasteiger partial charge in [0.1, 0.15) is 12.4 Å². The third-order valence-corrected chi connectivity index (χ3v) is 4.40. The maximum absolute atomic E-state index is 12.2. The molecule has 7 heteroatoms. The van der Waals surface area contributed by atoms with Crippen molar-refractivity contribution in [3.05, 3.63) is 51.1 Å². The monoisotopic (exact) mass is 506 g/mol. The summed E-state index contributed by atoms with van der Waals surface area (Å²) in [6.45, 7) is 5.21. The van der Waals surface area contributed by atoms with Crippen LogP contribution in [0.2, 0.25) is 0 Å². The summed E-state index contributed by atoms with van der Waals surface area (Å²) in [6, 6.07) is 10.6. The number of halogens is 1. The summed E-state index contributed by atoms with van der Waals surface area (Å²) in [4.78, 5) is 12.2. The topological polar surface area (TPSA) is 69.2 Å². The Morgan fingerprint density at radius 1 is 1.21 bits per heavy atom. The van der Waals surface area contributed by atoms with Crippen molar-refractivity contribution in [1.29, 1.82) is 0 Å². The predicted molar refractivity (Wildman–Crippen MR) is 122 cm³/mol. The molecule has 152 valence electrons. The smallest absolute Gasteiger partial charge is 0.271 e. The number of amides is 1. The van der Waals surface area contributed by atoms with Gasteiger partial charge in [-0.25, -0.2) is 5.43 Å². The van der Waals surface area contributed by atoms with Gasteiger partial charge in [0.15, 0.2) is 11.5 Å². The maximum Gasteiger partial charge on any atom is 0.271 e. The number of benzene rings is 2. The van der Waals surface area contributed by atoms with Crippen LogP contribution in [0, 0.1) is 15.9 Å². The van der Waals surface area contributed by atoms with Crippen molar-refractivity contribution in [2.24, 2.45) is 5.10 Å². The van der Waals surface area contributed by atoms with Crippen molar-refractivity contribution in [1.82, 2.24) is 5.43 Å². The number of carbonyl (C=O) groups excluding carboxylic acids is 1. The number of rotatable bonds is 10. The van der Waals surface area contributed by atoms with Gasteiger partial charge in [0.25, 0.3) is 5.91 Å². The molecule has 0 spiro atoms. The number of terminal acetylenes is 1. The number of hydrazone groups is 1. The Labute approximate surface area is 184 Å². The Bertz CT molecular complexity index is 889. The molecule has 0 saturated carbocycles. The van der Waals surface area contributed by atoms with Gasteiger partial charge in [-0.15, -0.1) is 6.42 Å². The predicted octanol–water partition coefficient (Wildman–Crippen LogP) is 4.25. The standard InChI is InChI=1S/C22H23IN2O4/c1-4-11-28-18-9-7-17(8-10-18)22(26)25-24-15-16-13-19(23)21(29-12-5-2)20(14-16)27-6-3/h2,7-10,13-15H,4,6,11-12H2,1,3H3,(H,25,26)/b24-15-. The van der Waals surface area contributed by atoms with E-state index in [1.165, 1.54) is 0 Å². The number of hydrogen-bond acceptors (Lipinski definition) is 5. The van der Waals surface area contributed by atoms with Crippen LogP contribution in [0.15, 0.2) is 41.5 Å². The second-order valence-electron chi connectivity index (χ2n) is 5.83. The minimum atomic E-state index is -0.308. The summed E-state index contributed by atoms with van der Waals surface area (Å²) in [6.07, 6.45) is 7.74. The summed E-state index contributed by atoms with van der Waals surface area (Å²) in [5.74, 6) is 4.03. The quantitative estimate of drug-likeness (QED) is 0.227. The summed E-state index contributed by atoms with van der Waals surface area (Å²) in [7, 11) is 0. The molecule has 0 heterocycles. The Morgan fingerprint density at radius 2 is 1.97 bits per heavy atom. The highest BCUT2D eigenvalue weighted by Crippen LogP contribution is 2.33. The molecule has 2 rings (SSSR count). The lowest BCUT2D eigenvalue weighted by Crippen LogP contribution is -2.17. The third-order valence-electron chi connectivity index (χ3n) is 3.60. The Kier molecular flexibility index (Phi) is 9.31. The zero-order valence-corrected chi connectivity index (χ0v) is 18.6. The van der Waals surface area contributed by atoms with Gasteiger partial charge in [-0.1, -0.05) is 12.8 Å². The second-order valence-corrected chi connectivity index (χ2v) is 6.99. The second kappa shape index (κ2) is 12.0. The van der Waals surface area contributed by atoms with Crippen LogP contribution in [-0.4, -0.2) is 31.9 Å². The van der Waals surface area contributed by atoms with Gasteiger partial charge >= 0.3 is 0 Å². The van der Waals surface area contributed by atoms with E-state index >= 15 is 0 Å². The van der Waals surface area contributed by atoms with Gasteiger partial charge in [0, 0.05) is 5.56 Å². The van der Waals surface area contributed by atoms with Crippen molar-refractivity contribution < 1.29 is 19.0 Å². The molecule has 0 aromatic heterocycles. The molecule has 2 aromatic rings. The largest absolute Gasteiger partial charge is 0.494 e. The molecule has 1 N–H and O–H groups in total. The lowest BCUT2D eigenvalue weighted by Gasteiger charge is -2.13. The van der Waals surface area contributed by atoms with Crippen LogP contribution >= 0.6 is 22.6 Å². The van der Waals surface area contributed by atoms with E-state index in [0.717, 1.165) is 21.3 Å². The van der Waals surface area contributed by atoms with Crippen molar-refractivity contribution in [3.8, 4) is 29.6 Å². The van der Waals surface area contributed by atoms with Crippen LogP contribution in [0.25, 0.3) is 0 Å². The molecule has 1 amide bonds. The van der Waals surface area contributed by atoms with Crippen LogP contribution in [0.1, 0.15) is 36.2 Å². The molecule has 0 fully saturated rings. The average molecular weight is 506 g/mol. The van der Waals surface area contributed by atoms with Gasteiger partial charge < -0.3 is 14.2 Å². The molecule has 0 aliphatic rings. The van der Waals surface area contributed by atoms with Gasteiger partial charge in [-0.2, -0.15) is 5.10 Å². The third kappa shape index (κ3) is 6.98. The molecule has 2 aromatic carbocycles. The first-order chi connectivity index (χ1) is 14.1. The molecule has 29 heavy (non-hydrogen) atoms. The summed E-state index contributed by atoms with van der Waals surface area (Å²) >= 11 is 2.14. The van der Waals surface area contributed by atoms with Crippen LogP contribution in [0.4, 0.5) is 0 Å². The summed E-state index contributed by atoms with van der Waals surface area (Å²) in [5, 5.41) is 4.04. The van der Waals surface area contributed by atoms with Crippen LogP contribution in [-0.2, 0) is 0 Å². The van der Waals surface area contributed by atoms with Crippen LogP contribution < -0.4 is 19.6 Å². The van der Waals surface area contributed by atoms with Crippen molar-refractivity contribution in [3.63, 3.8) is 0 Å². The van der Waals surface area contributed by atoms with E-state index in [9.17, 15) is 4.79 Å². The van der Waals surface area contributed by atoms with Crippen molar-refractivity contribution in [2.75, 3.05) is 19.8 Å². The minimum absolute atomic E-state index is 0.155. The average Bonchev–Trinajstić information content (AvgIpc) is 2.72. The number of nitrogens with zero attached hydrogens (tertiary/aromatic N) is 1. The van der Waals surface area contributed by atoms with Gasteiger partial charge in [0.2, 0.25) is 0 Å². The van der Waals surface area contributed by atoms with Crippen molar-refractivity contribution in [2.45, 2.75) is 20.3 Å². The highest BCUT2D eigenvalue weighted by atomic mass is 127. The van der Waals surface area contributed by atoms with Crippen LogP contribution in [0.5, 0.6) is 17.2 Å². The fourth-order valence-corrected chi connectivity index (χ4v) is 3.11. The Morgan fingerprint density at radius 3 is 2.62 bits per heavy atom. The molecule has 0 saturated heterocycles. The number of carbonyl (C=O) groups is 1. The molecule has 6 nitrogen and oxygen atoms in total. The van der Waals surface area contributed by atoms with E-state index in [-0.39, 0.29) is 12.5 Å². The highest BCUT2D eigenvalue weighted by Gasteiger charge is 2.11. The fraction of sp³-hybridized carbons (Fsp3) is 0.273.